The molecule has 0 spiro atoms. The summed E-state index contributed by atoms with van der Waals surface area (Å²) in [5.74, 6) is 0.672. The Balaban J connectivity index is 2.06. The predicted octanol–water partition coefficient (Wildman–Crippen LogP) is 2.09. The maximum absolute atomic E-state index is 6.01. The standard InChI is InChI=1S/C12H7ClN6/c13-8-2-3-10-16-17-12(18(10)7-8)9-6-15-19-5-1-4-14-11(9)19/h1-7H. The van der Waals surface area contributed by atoms with Crippen molar-refractivity contribution < 1.29 is 0 Å². The first-order valence-corrected chi connectivity index (χ1v) is 6.00. The average Bonchev–Trinajstić information content (AvgIpc) is 3.01. The topological polar surface area (TPSA) is 60.4 Å². The van der Waals surface area contributed by atoms with Gasteiger partial charge in [-0.15, -0.1) is 10.2 Å². The Morgan fingerprint density at radius 1 is 1.16 bits per heavy atom. The van der Waals surface area contributed by atoms with E-state index in [0.29, 0.717) is 10.8 Å². The van der Waals surface area contributed by atoms with E-state index in [1.807, 2.05) is 22.7 Å². The Morgan fingerprint density at radius 2 is 2.11 bits per heavy atom. The zero-order valence-electron chi connectivity index (χ0n) is 9.60. The number of pyridine rings is 1. The lowest BCUT2D eigenvalue weighted by Crippen LogP contribution is -1.91. The van der Waals surface area contributed by atoms with Crippen LogP contribution in [0.3, 0.4) is 0 Å². The summed E-state index contributed by atoms with van der Waals surface area (Å²) in [7, 11) is 0. The van der Waals surface area contributed by atoms with E-state index in [2.05, 4.69) is 20.3 Å². The molecule has 4 aromatic rings. The van der Waals surface area contributed by atoms with Gasteiger partial charge in [-0.3, -0.25) is 4.40 Å². The molecule has 4 heterocycles. The molecule has 4 rings (SSSR count). The minimum atomic E-state index is 0.623. The van der Waals surface area contributed by atoms with Crippen molar-refractivity contribution >= 4 is 22.9 Å². The van der Waals surface area contributed by atoms with Crippen molar-refractivity contribution in [3.05, 3.63) is 48.0 Å². The Kier molecular flexibility index (Phi) is 2.07. The number of rotatable bonds is 1. The highest BCUT2D eigenvalue weighted by atomic mass is 35.5. The molecule has 0 saturated carbocycles. The lowest BCUT2D eigenvalue weighted by atomic mass is 10.3. The zero-order chi connectivity index (χ0) is 12.8. The first-order chi connectivity index (χ1) is 9.33. The molecule has 0 aliphatic carbocycles. The molecule has 4 aromatic heterocycles. The highest BCUT2D eigenvalue weighted by molar-refractivity contribution is 6.30. The van der Waals surface area contributed by atoms with Gasteiger partial charge in [-0.05, 0) is 18.2 Å². The van der Waals surface area contributed by atoms with E-state index in [4.69, 9.17) is 11.6 Å². The largest absolute Gasteiger partial charge is 0.281 e. The normalized spacial score (nSPS) is 11.4. The van der Waals surface area contributed by atoms with Gasteiger partial charge in [-0.1, -0.05) is 11.6 Å². The van der Waals surface area contributed by atoms with Crippen LogP contribution in [0.1, 0.15) is 0 Å². The Hall–Kier alpha value is -2.47. The van der Waals surface area contributed by atoms with Crippen LogP contribution in [0.4, 0.5) is 0 Å². The molecule has 0 saturated heterocycles. The fraction of sp³-hybridized carbons (Fsp3) is 0. The van der Waals surface area contributed by atoms with Crippen molar-refractivity contribution in [2.24, 2.45) is 0 Å². The summed E-state index contributed by atoms with van der Waals surface area (Å²) in [5.41, 5.74) is 2.28. The predicted molar refractivity (Wildman–Crippen MR) is 70.0 cm³/mol. The monoisotopic (exact) mass is 270 g/mol. The molecule has 0 N–H and O–H groups in total. The summed E-state index contributed by atoms with van der Waals surface area (Å²) in [4.78, 5) is 4.31. The number of nitrogens with zero attached hydrogens (tertiary/aromatic N) is 6. The Bertz CT molecular complexity index is 893. The molecule has 0 aromatic carbocycles. The van der Waals surface area contributed by atoms with Crippen LogP contribution in [0.2, 0.25) is 5.02 Å². The summed E-state index contributed by atoms with van der Waals surface area (Å²) >= 11 is 6.01. The second-order valence-electron chi connectivity index (χ2n) is 4.05. The molecule has 0 aliphatic heterocycles. The molecule has 6 nitrogen and oxygen atoms in total. The first kappa shape index (κ1) is 10.5. The van der Waals surface area contributed by atoms with Gasteiger partial charge in [0.15, 0.2) is 17.1 Å². The van der Waals surface area contributed by atoms with Crippen molar-refractivity contribution in [3.63, 3.8) is 0 Å². The van der Waals surface area contributed by atoms with E-state index in [0.717, 1.165) is 16.9 Å². The van der Waals surface area contributed by atoms with Gasteiger partial charge < -0.3 is 0 Å². The molecule has 0 fully saturated rings. The van der Waals surface area contributed by atoms with Gasteiger partial charge in [-0.25, -0.2) is 9.50 Å². The fourth-order valence-electron chi connectivity index (χ4n) is 2.03. The van der Waals surface area contributed by atoms with Gasteiger partial charge in [0.2, 0.25) is 0 Å². The number of fused-ring (bicyclic) bond motifs is 2. The highest BCUT2D eigenvalue weighted by Gasteiger charge is 2.14. The molecule has 92 valence electrons. The minimum Gasteiger partial charge on any atom is -0.281 e. The molecule has 0 atom stereocenters. The van der Waals surface area contributed by atoms with Gasteiger partial charge in [0.05, 0.1) is 16.8 Å². The average molecular weight is 271 g/mol. The maximum atomic E-state index is 6.01. The third-order valence-electron chi connectivity index (χ3n) is 2.89. The van der Waals surface area contributed by atoms with Gasteiger partial charge in [-0.2, -0.15) is 5.10 Å². The number of hydrogen-bond donors (Lipinski definition) is 0. The summed E-state index contributed by atoms with van der Waals surface area (Å²) in [5, 5.41) is 13.2. The van der Waals surface area contributed by atoms with E-state index in [1.54, 1.807) is 29.2 Å². The van der Waals surface area contributed by atoms with Crippen LogP contribution in [0.5, 0.6) is 0 Å². The number of halogens is 1. The molecule has 7 heteroatoms. The SMILES string of the molecule is Clc1ccc2nnc(-c3cnn4cccnc34)n2c1. The van der Waals surface area contributed by atoms with Crippen LogP contribution in [0.15, 0.2) is 43.0 Å². The van der Waals surface area contributed by atoms with Crippen molar-refractivity contribution in [2.75, 3.05) is 0 Å². The third kappa shape index (κ3) is 1.50. The Labute approximate surface area is 112 Å². The van der Waals surface area contributed by atoms with E-state index >= 15 is 0 Å². The van der Waals surface area contributed by atoms with Gasteiger partial charge >= 0.3 is 0 Å². The Morgan fingerprint density at radius 3 is 3.05 bits per heavy atom. The maximum Gasteiger partial charge on any atom is 0.173 e. The number of aromatic nitrogens is 6. The molecule has 0 radical (unpaired) electrons. The fourth-order valence-corrected chi connectivity index (χ4v) is 2.19. The molecule has 0 unspecified atom stereocenters. The summed E-state index contributed by atoms with van der Waals surface area (Å²) in [6, 6.07) is 5.42. The first-order valence-electron chi connectivity index (χ1n) is 5.62. The summed E-state index contributed by atoms with van der Waals surface area (Å²) in [6.07, 6.45) is 7.05. The van der Waals surface area contributed by atoms with Crippen LogP contribution in [-0.4, -0.2) is 29.2 Å². The lowest BCUT2D eigenvalue weighted by Gasteiger charge is -1.98. The summed E-state index contributed by atoms with van der Waals surface area (Å²) in [6.45, 7) is 0. The molecular formula is C12H7ClN6. The lowest BCUT2D eigenvalue weighted by molar-refractivity contribution is 0.939. The molecule has 0 aliphatic rings. The molecular weight excluding hydrogens is 264 g/mol. The van der Waals surface area contributed by atoms with Crippen LogP contribution < -0.4 is 0 Å². The van der Waals surface area contributed by atoms with Crippen LogP contribution >= 0.6 is 11.6 Å². The minimum absolute atomic E-state index is 0.623. The second kappa shape index (κ2) is 3.76. The van der Waals surface area contributed by atoms with Crippen molar-refractivity contribution in [3.8, 4) is 11.4 Å². The van der Waals surface area contributed by atoms with Crippen LogP contribution in [0, 0.1) is 0 Å². The summed E-state index contributed by atoms with van der Waals surface area (Å²) < 4.78 is 3.52. The van der Waals surface area contributed by atoms with Crippen molar-refractivity contribution in [1.82, 2.24) is 29.2 Å². The van der Waals surface area contributed by atoms with E-state index in [1.165, 1.54) is 0 Å². The van der Waals surface area contributed by atoms with Gasteiger partial charge in [0, 0.05) is 18.6 Å². The third-order valence-corrected chi connectivity index (χ3v) is 3.11. The van der Waals surface area contributed by atoms with Crippen LogP contribution in [0.25, 0.3) is 22.7 Å². The van der Waals surface area contributed by atoms with E-state index in [9.17, 15) is 0 Å². The molecule has 0 amide bonds. The van der Waals surface area contributed by atoms with Crippen molar-refractivity contribution in [1.29, 1.82) is 0 Å². The van der Waals surface area contributed by atoms with Crippen LogP contribution in [-0.2, 0) is 0 Å². The van der Waals surface area contributed by atoms with Gasteiger partial charge in [0.1, 0.15) is 0 Å². The quantitative estimate of drug-likeness (QED) is 0.531. The highest BCUT2D eigenvalue weighted by Crippen LogP contribution is 2.23. The van der Waals surface area contributed by atoms with Crippen molar-refractivity contribution in [2.45, 2.75) is 0 Å². The van der Waals surface area contributed by atoms with E-state index in [-0.39, 0.29) is 0 Å². The second-order valence-corrected chi connectivity index (χ2v) is 4.48. The smallest absolute Gasteiger partial charge is 0.173 e. The van der Waals surface area contributed by atoms with Gasteiger partial charge in [0.25, 0.3) is 0 Å². The molecule has 0 bridgehead atoms. The van der Waals surface area contributed by atoms with E-state index < -0.39 is 0 Å². The molecule has 19 heavy (non-hydrogen) atoms. The zero-order valence-corrected chi connectivity index (χ0v) is 10.4. The number of hydrogen-bond acceptors (Lipinski definition) is 4.